The third kappa shape index (κ3) is 2.59. The van der Waals surface area contributed by atoms with Gasteiger partial charge < -0.3 is 4.74 Å². The molecule has 12 heavy (non-hydrogen) atoms. The maximum Gasteiger partial charge on any atom is 0.161 e. The number of carbonyl (C=O) groups is 1. The lowest BCUT2D eigenvalue weighted by molar-refractivity contribution is -0.140. The van der Waals surface area contributed by atoms with Crippen LogP contribution < -0.4 is 0 Å². The Morgan fingerprint density at radius 2 is 2.00 bits per heavy atom. The summed E-state index contributed by atoms with van der Waals surface area (Å²) in [6, 6.07) is 0. The maximum atomic E-state index is 11.3. The monoisotopic (exact) mass is 172 g/mol. The van der Waals surface area contributed by atoms with Crippen molar-refractivity contribution in [2.75, 3.05) is 7.11 Å². The second-order valence-electron chi connectivity index (χ2n) is 3.21. The lowest BCUT2D eigenvalue weighted by atomic mass is 9.90. The van der Waals surface area contributed by atoms with Crippen LogP contribution in [0.15, 0.2) is 0 Å². The highest BCUT2D eigenvalue weighted by atomic mass is 16.5. The van der Waals surface area contributed by atoms with E-state index >= 15 is 0 Å². The fourth-order valence-electron chi connectivity index (χ4n) is 1.45. The van der Waals surface area contributed by atoms with E-state index in [2.05, 4.69) is 6.92 Å². The Labute approximate surface area is 75.3 Å². The fourth-order valence-corrected chi connectivity index (χ4v) is 1.45. The minimum absolute atomic E-state index is 0.154. The van der Waals surface area contributed by atoms with Crippen molar-refractivity contribution >= 4 is 5.78 Å². The van der Waals surface area contributed by atoms with Gasteiger partial charge in [0.15, 0.2) is 5.78 Å². The normalized spacial score (nSPS) is 15.7. The van der Waals surface area contributed by atoms with Gasteiger partial charge in [0.2, 0.25) is 0 Å². The standard InChI is InChI=1S/C10H20O2/c1-5-7-8-10(6-2,12-4)9(3)11/h5-8H2,1-4H3. The molecule has 0 aliphatic carbocycles. The molecule has 0 aromatic heterocycles. The smallest absolute Gasteiger partial charge is 0.161 e. The minimum atomic E-state index is -0.504. The van der Waals surface area contributed by atoms with Crippen molar-refractivity contribution in [3.8, 4) is 0 Å². The zero-order valence-corrected chi connectivity index (χ0v) is 8.64. The predicted molar refractivity (Wildman–Crippen MR) is 50.2 cm³/mol. The number of unbranched alkanes of at least 4 members (excludes halogenated alkanes) is 1. The van der Waals surface area contributed by atoms with Gasteiger partial charge in [-0.25, -0.2) is 0 Å². The number of ether oxygens (including phenoxy) is 1. The maximum absolute atomic E-state index is 11.3. The Morgan fingerprint density at radius 3 is 2.25 bits per heavy atom. The van der Waals surface area contributed by atoms with Gasteiger partial charge in [0.25, 0.3) is 0 Å². The molecule has 0 aromatic rings. The van der Waals surface area contributed by atoms with E-state index in [0.717, 1.165) is 25.7 Å². The highest BCUT2D eigenvalue weighted by Gasteiger charge is 2.32. The van der Waals surface area contributed by atoms with Crippen LogP contribution >= 0.6 is 0 Å². The van der Waals surface area contributed by atoms with Crippen molar-refractivity contribution in [1.29, 1.82) is 0 Å². The number of methoxy groups -OCH3 is 1. The van der Waals surface area contributed by atoms with Gasteiger partial charge in [-0.3, -0.25) is 4.79 Å². The number of rotatable bonds is 6. The first-order chi connectivity index (χ1) is 5.63. The van der Waals surface area contributed by atoms with Crippen molar-refractivity contribution in [1.82, 2.24) is 0 Å². The zero-order chi connectivity index (χ0) is 9.61. The molecule has 0 saturated heterocycles. The number of Topliss-reactive ketones (excluding diaryl/α,β-unsaturated/α-hetero) is 1. The number of ketones is 1. The molecule has 0 N–H and O–H groups in total. The van der Waals surface area contributed by atoms with Gasteiger partial charge in [0, 0.05) is 7.11 Å². The van der Waals surface area contributed by atoms with Crippen LogP contribution in [0.25, 0.3) is 0 Å². The molecule has 0 bridgehead atoms. The second kappa shape index (κ2) is 5.31. The molecule has 0 heterocycles. The Hall–Kier alpha value is -0.370. The molecule has 0 spiro atoms. The molecular weight excluding hydrogens is 152 g/mol. The molecular formula is C10H20O2. The van der Waals surface area contributed by atoms with Crippen LogP contribution in [0.2, 0.25) is 0 Å². The molecule has 0 amide bonds. The van der Waals surface area contributed by atoms with Gasteiger partial charge in [0.1, 0.15) is 5.60 Å². The summed E-state index contributed by atoms with van der Waals surface area (Å²) >= 11 is 0. The van der Waals surface area contributed by atoms with Crippen molar-refractivity contribution in [2.24, 2.45) is 0 Å². The third-order valence-electron chi connectivity index (χ3n) is 2.54. The molecule has 0 aromatic carbocycles. The van der Waals surface area contributed by atoms with Gasteiger partial charge >= 0.3 is 0 Å². The summed E-state index contributed by atoms with van der Waals surface area (Å²) in [4.78, 5) is 11.3. The molecule has 0 radical (unpaired) electrons. The quantitative estimate of drug-likeness (QED) is 0.615. The van der Waals surface area contributed by atoms with Crippen LogP contribution in [-0.2, 0) is 9.53 Å². The number of carbonyl (C=O) groups excluding carboxylic acids is 1. The molecule has 2 nitrogen and oxygen atoms in total. The molecule has 1 unspecified atom stereocenters. The van der Waals surface area contributed by atoms with Crippen LogP contribution in [0.1, 0.15) is 46.5 Å². The Morgan fingerprint density at radius 1 is 1.42 bits per heavy atom. The number of hydrogen-bond donors (Lipinski definition) is 0. The Bertz CT molecular complexity index is 137. The van der Waals surface area contributed by atoms with Gasteiger partial charge in [-0.1, -0.05) is 26.7 Å². The molecule has 0 rings (SSSR count). The van der Waals surface area contributed by atoms with Crippen LogP contribution in [0, 0.1) is 0 Å². The average Bonchev–Trinajstić information content (AvgIpc) is 2.07. The summed E-state index contributed by atoms with van der Waals surface area (Å²) in [5.74, 6) is 0.154. The van der Waals surface area contributed by atoms with Gasteiger partial charge in [0.05, 0.1) is 0 Å². The minimum Gasteiger partial charge on any atom is -0.370 e. The van der Waals surface area contributed by atoms with E-state index in [0.29, 0.717) is 0 Å². The molecule has 72 valence electrons. The Balaban J connectivity index is 4.25. The Kier molecular flexibility index (Phi) is 5.14. The average molecular weight is 172 g/mol. The molecule has 0 aliphatic heterocycles. The van der Waals surface area contributed by atoms with Crippen LogP contribution in [0.5, 0.6) is 0 Å². The van der Waals surface area contributed by atoms with Crippen LogP contribution in [-0.4, -0.2) is 18.5 Å². The van der Waals surface area contributed by atoms with Crippen molar-refractivity contribution in [3.63, 3.8) is 0 Å². The van der Waals surface area contributed by atoms with E-state index in [1.54, 1.807) is 14.0 Å². The summed E-state index contributed by atoms with van der Waals surface area (Å²) < 4.78 is 5.30. The molecule has 1 atom stereocenters. The summed E-state index contributed by atoms with van der Waals surface area (Å²) in [6.07, 6.45) is 3.80. The summed E-state index contributed by atoms with van der Waals surface area (Å²) in [6.45, 7) is 5.74. The fraction of sp³-hybridized carbons (Fsp3) is 0.900. The van der Waals surface area contributed by atoms with Gasteiger partial charge in [-0.15, -0.1) is 0 Å². The van der Waals surface area contributed by atoms with E-state index in [4.69, 9.17) is 4.74 Å². The van der Waals surface area contributed by atoms with E-state index in [9.17, 15) is 4.79 Å². The van der Waals surface area contributed by atoms with E-state index in [1.165, 1.54) is 0 Å². The zero-order valence-electron chi connectivity index (χ0n) is 8.64. The summed E-state index contributed by atoms with van der Waals surface area (Å²) in [5.41, 5.74) is -0.504. The van der Waals surface area contributed by atoms with E-state index in [-0.39, 0.29) is 5.78 Å². The first kappa shape index (κ1) is 11.6. The highest BCUT2D eigenvalue weighted by Crippen LogP contribution is 2.23. The first-order valence-electron chi connectivity index (χ1n) is 4.69. The van der Waals surface area contributed by atoms with E-state index in [1.807, 2.05) is 6.92 Å². The van der Waals surface area contributed by atoms with Crippen LogP contribution in [0.3, 0.4) is 0 Å². The summed E-state index contributed by atoms with van der Waals surface area (Å²) in [7, 11) is 1.63. The van der Waals surface area contributed by atoms with E-state index < -0.39 is 5.60 Å². The first-order valence-corrected chi connectivity index (χ1v) is 4.69. The highest BCUT2D eigenvalue weighted by molar-refractivity contribution is 5.84. The van der Waals surface area contributed by atoms with Crippen molar-refractivity contribution in [3.05, 3.63) is 0 Å². The largest absolute Gasteiger partial charge is 0.370 e. The predicted octanol–water partition coefficient (Wildman–Crippen LogP) is 2.56. The summed E-state index contributed by atoms with van der Waals surface area (Å²) in [5, 5.41) is 0. The molecule has 0 aliphatic rings. The molecule has 0 saturated carbocycles. The second-order valence-corrected chi connectivity index (χ2v) is 3.21. The lowest BCUT2D eigenvalue weighted by Crippen LogP contribution is -2.38. The lowest BCUT2D eigenvalue weighted by Gasteiger charge is -2.28. The topological polar surface area (TPSA) is 26.3 Å². The third-order valence-corrected chi connectivity index (χ3v) is 2.54. The van der Waals surface area contributed by atoms with Crippen molar-refractivity contribution < 1.29 is 9.53 Å². The van der Waals surface area contributed by atoms with Gasteiger partial charge in [-0.05, 0) is 19.8 Å². The SMILES string of the molecule is CCCCC(CC)(OC)C(C)=O. The van der Waals surface area contributed by atoms with Crippen molar-refractivity contribution in [2.45, 2.75) is 52.1 Å². The van der Waals surface area contributed by atoms with Gasteiger partial charge in [-0.2, -0.15) is 0 Å². The molecule has 2 heteroatoms. The number of hydrogen-bond acceptors (Lipinski definition) is 2. The molecule has 0 fully saturated rings. The van der Waals surface area contributed by atoms with Crippen LogP contribution in [0.4, 0.5) is 0 Å².